The van der Waals surface area contributed by atoms with Gasteiger partial charge in [-0.15, -0.1) is 0 Å². The first kappa shape index (κ1) is 24.6. The molecule has 1 saturated carbocycles. The van der Waals surface area contributed by atoms with Gasteiger partial charge in [-0.05, 0) is 79.0 Å². The number of carbonyl (C=O) groups is 1. The van der Waals surface area contributed by atoms with Crippen molar-refractivity contribution in [2.45, 2.75) is 57.5 Å². The lowest BCUT2D eigenvalue weighted by atomic mass is 9.80. The molecule has 0 bridgehead atoms. The Morgan fingerprint density at radius 3 is 2.68 bits per heavy atom. The summed E-state index contributed by atoms with van der Waals surface area (Å²) in [7, 11) is 2.09. The number of hydrogen-bond donors (Lipinski definition) is 1. The summed E-state index contributed by atoms with van der Waals surface area (Å²) in [4.78, 5) is 18.2. The van der Waals surface area contributed by atoms with E-state index in [9.17, 15) is 9.90 Å². The van der Waals surface area contributed by atoms with E-state index < -0.39 is 12.1 Å². The maximum Gasteiger partial charge on any atom is 0.335 e. The number of ether oxygens (including phenoxy) is 1. The molecule has 6 rings (SSSR count). The molecule has 1 aliphatic carbocycles. The third kappa shape index (κ3) is 4.56. The second-order valence-electron chi connectivity index (χ2n) is 10.6. The normalized spacial score (nSPS) is 19.8. The van der Waals surface area contributed by atoms with Crippen LogP contribution in [0.25, 0.3) is 22.2 Å². The number of benzene rings is 2. The quantitative estimate of drug-likeness (QED) is 0.334. The van der Waals surface area contributed by atoms with Crippen molar-refractivity contribution in [2.75, 3.05) is 13.6 Å². The zero-order valence-electron chi connectivity index (χ0n) is 21.6. The van der Waals surface area contributed by atoms with Crippen molar-refractivity contribution in [3.8, 4) is 17.0 Å². The molecular formula is C31H32FN3O3. The van der Waals surface area contributed by atoms with Crippen LogP contribution in [0.2, 0.25) is 0 Å². The molecule has 0 spiro atoms. The average molecular weight is 514 g/mol. The first-order valence-corrected chi connectivity index (χ1v) is 13.4. The summed E-state index contributed by atoms with van der Waals surface area (Å²) in [6, 6.07) is 15.4. The average Bonchev–Trinajstić information content (AvgIpc) is 3.23. The van der Waals surface area contributed by atoms with Crippen molar-refractivity contribution in [1.82, 2.24) is 14.5 Å². The molecule has 6 nitrogen and oxygen atoms in total. The minimum Gasteiger partial charge on any atom is -0.489 e. The zero-order valence-corrected chi connectivity index (χ0v) is 21.6. The smallest absolute Gasteiger partial charge is 0.335 e. The Morgan fingerprint density at radius 1 is 1.08 bits per heavy atom. The van der Waals surface area contributed by atoms with Crippen LogP contribution in [0.15, 0.2) is 60.9 Å². The standard InChI is InChI=1S/C31H32FN3O3/c1-34-14-15-35-28-17-21(31(36)37)6-8-26(28)29(25-4-2-3-5-27(25)32)30(35)24-9-7-23(16-22(24)18-34)38-19-20-10-12-33-13-11-20/h6-13,16-17,25,27H,2-5,14-15,18-19H2,1H3,(H,36,37)/t25-,27-/m1/s1. The van der Waals surface area contributed by atoms with Crippen molar-refractivity contribution >= 4 is 16.9 Å². The molecule has 0 saturated heterocycles. The van der Waals surface area contributed by atoms with Gasteiger partial charge in [-0.25, -0.2) is 9.18 Å². The molecule has 196 valence electrons. The van der Waals surface area contributed by atoms with Crippen LogP contribution in [0, 0.1) is 0 Å². The number of nitrogens with zero attached hydrogens (tertiary/aromatic N) is 3. The Hall–Kier alpha value is -3.71. The summed E-state index contributed by atoms with van der Waals surface area (Å²) >= 11 is 0. The van der Waals surface area contributed by atoms with E-state index in [-0.39, 0.29) is 11.5 Å². The van der Waals surface area contributed by atoms with Gasteiger partial charge in [-0.3, -0.25) is 4.98 Å². The molecule has 2 aromatic carbocycles. The molecule has 3 heterocycles. The molecule has 0 amide bonds. The fourth-order valence-electron chi connectivity index (χ4n) is 6.13. The van der Waals surface area contributed by atoms with Gasteiger partial charge in [0.1, 0.15) is 18.5 Å². The number of pyridine rings is 1. The Balaban J connectivity index is 1.52. The maximum atomic E-state index is 15.5. The monoisotopic (exact) mass is 513 g/mol. The highest BCUT2D eigenvalue weighted by atomic mass is 19.1. The van der Waals surface area contributed by atoms with Gasteiger partial charge in [0, 0.05) is 54.4 Å². The van der Waals surface area contributed by atoms with Gasteiger partial charge in [0.25, 0.3) is 0 Å². The van der Waals surface area contributed by atoms with E-state index in [4.69, 9.17) is 4.74 Å². The molecule has 2 aliphatic rings. The number of aromatic carboxylic acids is 1. The van der Waals surface area contributed by atoms with Crippen molar-refractivity contribution in [2.24, 2.45) is 0 Å². The number of halogens is 1. The molecule has 1 fully saturated rings. The Kier molecular flexibility index (Phi) is 6.62. The molecule has 2 aromatic heterocycles. The van der Waals surface area contributed by atoms with Gasteiger partial charge in [0.15, 0.2) is 0 Å². The number of carboxylic acids is 1. The maximum absolute atomic E-state index is 15.5. The molecule has 1 N–H and O–H groups in total. The van der Waals surface area contributed by atoms with Crippen LogP contribution in [-0.2, 0) is 19.7 Å². The number of alkyl halides is 1. The highest BCUT2D eigenvalue weighted by Crippen LogP contribution is 2.47. The van der Waals surface area contributed by atoms with Crippen LogP contribution in [0.4, 0.5) is 4.39 Å². The van der Waals surface area contributed by atoms with Crippen molar-refractivity contribution in [3.05, 3.63) is 83.2 Å². The lowest BCUT2D eigenvalue weighted by molar-refractivity contribution is 0.0697. The predicted octanol–water partition coefficient (Wildman–Crippen LogP) is 6.42. The van der Waals surface area contributed by atoms with Gasteiger partial charge >= 0.3 is 5.97 Å². The van der Waals surface area contributed by atoms with Crippen molar-refractivity contribution in [3.63, 3.8) is 0 Å². The summed E-state index contributed by atoms with van der Waals surface area (Å²) in [5, 5.41) is 10.7. The van der Waals surface area contributed by atoms with Crippen molar-refractivity contribution in [1.29, 1.82) is 0 Å². The molecule has 7 heteroatoms. The lowest BCUT2D eigenvalue weighted by Crippen LogP contribution is -2.26. The van der Waals surface area contributed by atoms with E-state index in [0.29, 0.717) is 19.6 Å². The van der Waals surface area contributed by atoms with E-state index in [2.05, 4.69) is 33.6 Å². The minimum absolute atomic E-state index is 0.203. The number of carboxylic acid groups (broad SMARTS) is 1. The molecule has 0 unspecified atom stereocenters. The zero-order chi connectivity index (χ0) is 26.2. The van der Waals surface area contributed by atoms with E-state index in [0.717, 1.165) is 77.0 Å². The highest BCUT2D eigenvalue weighted by molar-refractivity contribution is 5.98. The van der Waals surface area contributed by atoms with E-state index in [1.54, 1.807) is 24.5 Å². The van der Waals surface area contributed by atoms with Crippen LogP contribution >= 0.6 is 0 Å². The van der Waals surface area contributed by atoms with Crippen LogP contribution in [-0.4, -0.2) is 45.3 Å². The molecule has 0 radical (unpaired) electrons. The van der Waals surface area contributed by atoms with Gasteiger partial charge in [0.2, 0.25) is 0 Å². The number of aromatic nitrogens is 2. The summed E-state index contributed by atoms with van der Waals surface area (Å²) in [6.45, 7) is 2.69. The van der Waals surface area contributed by atoms with E-state index in [1.807, 2.05) is 24.3 Å². The molecule has 1 aliphatic heterocycles. The Morgan fingerprint density at radius 2 is 1.89 bits per heavy atom. The van der Waals surface area contributed by atoms with Gasteiger partial charge < -0.3 is 19.3 Å². The van der Waals surface area contributed by atoms with Gasteiger partial charge in [-0.2, -0.15) is 0 Å². The summed E-state index contributed by atoms with van der Waals surface area (Å²) < 4.78 is 23.9. The third-order valence-corrected chi connectivity index (χ3v) is 8.04. The summed E-state index contributed by atoms with van der Waals surface area (Å²) in [6.07, 6.45) is 5.90. The van der Waals surface area contributed by atoms with E-state index in [1.165, 1.54) is 0 Å². The molecule has 38 heavy (non-hydrogen) atoms. The summed E-state index contributed by atoms with van der Waals surface area (Å²) in [5.41, 5.74) is 6.41. The number of rotatable bonds is 5. The van der Waals surface area contributed by atoms with Gasteiger partial charge in [-0.1, -0.05) is 18.9 Å². The SMILES string of the molecule is CN1CCn2c(c([C@@H]3CCCC[C@H]3F)c3ccc(C(=O)O)cc32)-c2ccc(OCc3ccncc3)cc2C1. The van der Waals surface area contributed by atoms with Crippen LogP contribution in [0.1, 0.15) is 58.6 Å². The molecule has 2 atom stereocenters. The van der Waals surface area contributed by atoms with Crippen LogP contribution < -0.4 is 4.74 Å². The molecule has 4 aromatic rings. The second-order valence-corrected chi connectivity index (χ2v) is 10.6. The van der Waals surface area contributed by atoms with Crippen molar-refractivity contribution < 1.29 is 19.0 Å². The Bertz CT molecular complexity index is 1480. The Labute approximate surface area is 221 Å². The third-order valence-electron chi connectivity index (χ3n) is 8.04. The molecular weight excluding hydrogens is 481 g/mol. The lowest BCUT2D eigenvalue weighted by Gasteiger charge is -2.29. The first-order chi connectivity index (χ1) is 18.5. The van der Waals surface area contributed by atoms with Crippen LogP contribution in [0.3, 0.4) is 0 Å². The topological polar surface area (TPSA) is 67.6 Å². The summed E-state index contributed by atoms with van der Waals surface area (Å²) in [5.74, 6) is -0.372. The number of fused-ring (bicyclic) bond motifs is 5. The van der Waals surface area contributed by atoms with E-state index >= 15 is 4.39 Å². The minimum atomic E-state index is -0.954. The second kappa shape index (κ2) is 10.2. The van der Waals surface area contributed by atoms with Gasteiger partial charge in [0.05, 0.1) is 11.3 Å². The predicted molar refractivity (Wildman–Crippen MR) is 145 cm³/mol. The first-order valence-electron chi connectivity index (χ1n) is 13.4. The fourth-order valence-corrected chi connectivity index (χ4v) is 6.13. The highest BCUT2D eigenvalue weighted by Gasteiger charge is 2.34. The largest absolute Gasteiger partial charge is 0.489 e. The number of hydrogen-bond acceptors (Lipinski definition) is 4. The number of likely N-dealkylation sites (N-methyl/N-ethyl adjacent to an activating group) is 1. The van der Waals surface area contributed by atoms with Crippen LogP contribution in [0.5, 0.6) is 5.75 Å². The fraction of sp³-hybridized carbons (Fsp3) is 0.355.